The number of nitrogens with zero attached hydrogens (tertiary/aromatic N) is 3. The number of carbonyl (C=O) groups is 1. The fourth-order valence-corrected chi connectivity index (χ4v) is 3.20. The van der Waals surface area contributed by atoms with E-state index in [4.69, 9.17) is 0 Å². The molecule has 0 amide bonds. The summed E-state index contributed by atoms with van der Waals surface area (Å²) in [5.74, 6) is 0.0742. The van der Waals surface area contributed by atoms with Crippen LogP contribution in [0.1, 0.15) is 42.7 Å². The number of hydrogen-bond acceptors (Lipinski definition) is 4. The first-order chi connectivity index (χ1) is 13.7. The Morgan fingerprint density at radius 3 is 2.48 bits per heavy atom. The number of rotatable bonds is 4. The fourth-order valence-electron chi connectivity index (χ4n) is 2.47. The van der Waals surface area contributed by atoms with Crippen molar-refractivity contribution in [2.24, 2.45) is 0 Å². The number of aryl methyl sites for hydroxylation is 1. The molecule has 1 aromatic carbocycles. The topological polar surface area (TPSA) is 47.3 Å². The number of benzene rings is 1. The number of hydrogen-bond donors (Lipinski definition) is 0. The van der Waals surface area contributed by atoms with Crippen LogP contribution in [0.25, 0.3) is 16.2 Å². The van der Waals surface area contributed by atoms with Gasteiger partial charge >= 0.3 is 31.1 Å². The second-order valence-electron chi connectivity index (χ2n) is 5.86. The van der Waals surface area contributed by atoms with Gasteiger partial charge in [-0.3, -0.25) is 4.79 Å². The fraction of sp³-hybridized carbons (Fsp3) is 0.217. The number of fused-ring (bicyclic) bond motifs is 1. The molecule has 3 aromatic heterocycles. The Bertz CT molecular complexity index is 982. The zero-order valence-electron chi connectivity index (χ0n) is 17.1. The molecule has 0 spiro atoms. The first-order valence-electron chi connectivity index (χ1n) is 9.24. The molecule has 0 aliphatic rings. The van der Waals surface area contributed by atoms with Crippen LogP contribution in [0.4, 0.5) is 0 Å². The molecule has 4 nitrogen and oxygen atoms in total. The van der Waals surface area contributed by atoms with E-state index in [1.54, 1.807) is 35.0 Å². The quantitative estimate of drug-likeness (QED) is 0.203. The summed E-state index contributed by atoms with van der Waals surface area (Å²) in [6, 6.07) is 18.5. The van der Waals surface area contributed by atoms with Crippen molar-refractivity contribution in [2.75, 3.05) is 0 Å². The second kappa shape index (κ2) is 13.5. The van der Waals surface area contributed by atoms with E-state index in [9.17, 15) is 4.79 Å². The summed E-state index contributed by atoms with van der Waals surface area (Å²) in [5, 5.41) is 6.42. The number of Topliss-reactive ketones (excluding diaryl/α,β-unsaturated/α-hetero) is 1. The maximum atomic E-state index is 11.9. The van der Waals surface area contributed by atoms with E-state index in [1.165, 1.54) is 5.56 Å². The van der Waals surface area contributed by atoms with Crippen molar-refractivity contribution in [3.05, 3.63) is 84.4 Å². The van der Waals surface area contributed by atoms with E-state index >= 15 is 0 Å². The van der Waals surface area contributed by atoms with Gasteiger partial charge in [0.2, 0.25) is 0 Å². The summed E-state index contributed by atoms with van der Waals surface area (Å²) >= 11 is 1.65. The average Bonchev–Trinajstić information content (AvgIpc) is 3.40. The zero-order chi connectivity index (χ0) is 20.4. The summed E-state index contributed by atoms with van der Waals surface area (Å²) < 4.78 is 1.74. The van der Waals surface area contributed by atoms with Crippen LogP contribution >= 0.6 is 11.3 Å². The Kier molecular flexibility index (Phi) is 11.8. The van der Waals surface area contributed by atoms with E-state index in [2.05, 4.69) is 30.0 Å². The molecule has 0 bridgehead atoms. The molecule has 148 valence electrons. The largest absolute Gasteiger partial charge is 2.00 e. The minimum absolute atomic E-state index is 0. The minimum atomic E-state index is 0. The van der Waals surface area contributed by atoms with Crippen LogP contribution in [0.15, 0.2) is 60.1 Å². The number of aromatic nitrogens is 3. The number of thiophene rings is 1. The van der Waals surface area contributed by atoms with Crippen LogP contribution < -0.4 is 0 Å². The predicted octanol–water partition coefficient (Wildman–Crippen LogP) is 6.08. The van der Waals surface area contributed by atoms with Crippen molar-refractivity contribution in [1.29, 1.82) is 0 Å². The van der Waals surface area contributed by atoms with E-state index in [1.807, 2.05) is 54.8 Å². The number of ketones is 1. The molecule has 0 atom stereocenters. The van der Waals surface area contributed by atoms with Crippen LogP contribution in [0.2, 0.25) is 0 Å². The Hall–Kier alpha value is -1.74. The van der Waals surface area contributed by atoms with Gasteiger partial charge in [0.1, 0.15) is 5.69 Å². The van der Waals surface area contributed by atoms with Crippen molar-refractivity contribution in [3.63, 3.8) is 0 Å². The maximum absolute atomic E-state index is 11.9. The molecule has 0 fully saturated rings. The van der Waals surface area contributed by atoms with Gasteiger partial charge in [0.15, 0.2) is 11.4 Å². The van der Waals surface area contributed by atoms with Gasteiger partial charge in [0.25, 0.3) is 0 Å². The summed E-state index contributed by atoms with van der Waals surface area (Å²) in [7, 11) is 0. The molecular formula is C23H25N3OSU. The van der Waals surface area contributed by atoms with Gasteiger partial charge in [0.05, 0.1) is 10.6 Å². The zero-order valence-corrected chi connectivity index (χ0v) is 22.0. The SMILES string of the molecule is CCCC(=O)c1cc2nccc(-c3cccs3)n2n1.Cc1cc[c-]cc1.[CH2-]C.[U+2]. The summed E-state index contributed by atoms with van der Waals surface area (Å²) in [4.78, 5) is 17.3. The smallest absolute Gasteiger partial charge is 0.346 e. The van der Waals surface area contributed by atoms with Crippen molar-refractivity contribution in [2.45, 2.75) is 33.6 Å². The van der Waals surface area contributed by atoms with Crippen molar-refractivity contribution < 1.29 is 35.9 Å². The third kappa shape index (κ3) is 7.22. The second-order valence-corrected chi connectivity index (χ2v) is 6.81. The molecule has 0 aliphatic carbocycles. The van der Waals surface area contributed by atoms with Gasteiger partial charge < -0.3 is 6.92 Å². The Balaban J connectivity index is 0.000000356. The van der Waals surface area contributed by atoms with E-state index in [-0.39, 0.29) is 36.9 Å². The Labute approximate surface area is 200 Å². The third-order valence-corrected chi connectivity index (χ3v) is 4.67. The minimum Gasteiger partial charge on any atom is -0.346 e. The van der Waals surface area contributed by atoms with Crippen LogP contribution in [0.3, 0.4) is 0 Å². The molecule has 29 heavy (non-hydrogen) atoms. The van der Waals surface area contributed by atoms with E-state index in [0.717, 1.165) is 17.0 Å². The van der Waals surface area contributed by atoms with Gasteiger partial charge in [0, 0.05) is 18.7 Å². The molecule has 3 heterocycles. The average molecular weight is 630 g/mol. The monoisotopic (exact) mass is 629 g/mol. The van der Waals surface area contributed by atoms with Crippen LogP contribution in [-0.2, 0) is 0 Å². The van der Waals surface area contributed by atoms with E-state index in [0.29, 0.717) is 17.8 Å². The summed E-state index contributed by atoms with van der Waals surface area (Å²) in [6.07, 6.45) is 3.11. The summed E-state index contributed by atoms with van der Waals surface area (Å²) in [6.45, 7) is 9.05. The molecule has 0 saturated carbocycles. The van der Waals surface area contributed by atoms with Gasteiger partial charge in [-0.05, 0) is 23.9 Å². The van der Waals surface area contributed by atoms with E-state index < -0.39 is 0 Å². The molecule has 0 unspecified atom stereocenters. The van der Waals surface area contributed by atoms with Gasteiger partial charge in [-0.15, -0.1) is 11.3 Å². The number of carbonyl (C=O) groups excluding carboxylic acids is 1. The first kappa shape index (κ1) is 25.3. The first-order valence-corrected chi connectivity index (χ1v) is 10.1. The Morgan fingerprint density at radius 1 is 1.21 bits per heavy atom. The third-order valence-electron chi connectivity index (χ3n) is 3.78. The van der Waals surface area contributed by atoms with Crippen molar-refractivity contribution in [3.8, 4) is 10.6 Å². The Morgan fingerprint density at radius 2 is 1.93 bits per heavy atom. The summed E-state index contributed by atoms with van der Waals surface area (Å²) in [5.41, 5.74) is 3.47. The van der Waals surface area contributed by atoms with Crippen LogP contribution in [0.5, 0.6) is 0 Å². The van der Waals surface area contributed by atoms with Crippen LogP contribution in [0, 0.1) is 51.0 Å². The maximum Gasteiger partial charge on any atom is 2.00 e. The molecule has 0 radical (unpaired) electrons. The van der Waals surface area contributed by atoms with Crippen LogP contribution in [-0.4, -0.2) is 20.4 Å². The van der Waals surface area contributed by atoms with Crippen molar-refractivity contribution in [1.82, 2.24) is 14.6 Å². The standard InChI is InChI=1S/C14H13N3OS.C7H7.C2H5.U/c1-2-4-12(18)10-9-14-15-7-6-11(17(14)16-10)13-5-3-8-19-13;1-7-5-3-2-4-6-7;1-2;/h3,5-9H,2,4H2,1H3;3-6H,1H3;1H2,2H3;/q;2*-1;+2. The molecule has 4 aromatic rings. The normalized spacial score (nSPS) is 9.52. The molecule has 0 aliphatic heterocycles. The molecular weight excluding hydrogens is 604 g/mol. The van der Waals surface area contributed by atoms with Gasteiger partial charge in [-0.25, -0.2) is 9.50 Å². The van der Waals surface area contributed by atoms with Gasteiger partial charge in [-0.1, -0.05) is 19.9 Å². The molecule has 4 rings (SSSR count). The molecule has 0 saturated heterocycles. The molecule has 6 heteroatoms. The predicted molar refractivity (Wildman–Crippen MR) is 117 cm³/mol. The molecule has 0 N–H and O–H groups in total. The van der Waals surface area contributed by atoms with Crippen molar-refractivity contribution >= 4 is 22.8 Å². The van der Waals surface area contributed by atoms with Gasteiger partial charge in [-0.2, -0.15) is 47.9 Å².